The summed E-state index contributed by atoms with van der Waals surface area (Å²) < 4.78 is 5.21. The van der Waals surface area contributed by atoms with Gasteiger partial charge in [-0.05, 0) is 43.5 Å². The number of ether oxygens (including phenoxy) is 1. The van der Waals surface area contributed by atoms with Gasteiger partial charge in [0.05, 0.1) is 13.2 Å². The molecule has 18 heavy (non-hydrogen) atoms. The highest BCUT2D eigenvalue weighted by Gasteiger charge is 2.27. The molecular formula is C14H22N2O2. The maximum atomic E-state index is 9.27. The Labute approximate surface area is 108 Å². The maximum Gasteiger partial charge on any atom is 0.121 e. The van der Waals surface area contributed by atoms with Crippen LogP contribution >= 0.6 is 0 Å². The van der Waals surface area contributed by atoms with E-state index in [-0.39, 0.29) is 6.10 Å². The number of anilines is 1. The monoisotopic (exact) mass is 250 g/mol. The van der Waals surface area contributed by atoms with Crippen LogP contribution in [0.1, 0.15) is 18.4 Å². The van der Waals surface area contributed by atoms with E-state index in [1.807, 2.05) is 18.2 Å². The standard InChI is InChI=1S/C14H22N2O2/c1-16(9-11-4-13(17)5-11)8-10-3-12(15)7-14(6-10)18-2/h3,6-7,11,13,17H,4-5,8-9,15H2,1-2H3. The molecule has 1 aromatic carbocycles. The fourth-order valence-corrected chi connectivity index (χ4v) is 2.56. The molecule has 2 rings (SSSR count). The molecule has 1 aromatic rings. The van der Waals surface area contributed by atoms with Crippen molar-refractivity contribution in [1.82, 2.24) is 4.90 Å². The van der Waals surface area contributed by atoms with Gasteiger partial charge in [-0.25, -0.2) is 0 Å². The number of hydrogen-bond donors (Lipinski definition) is 2. The SMILES string of the molecule is COc1cc(N)cc(CN(C)CC2CC(O)C2)c1. The highest BCUT2D eigenvalue weighted by molar-refractivity contribution is 5.47. The predicted molar refractivity (Wildman–Crippen MR) is 72.5 cm³/mol. The van der Waals surface area contributed by atoms with Gasteiger partial charge in [0.25, 0.3) is 0 Å². The van der Waals surface area contributed by atoms with Crippen molar-refractivity contribution >= 4 is 5.69 Å². The van der Waals surface area contributed by atoms with E-state index in [4.69, 9.17) is 10.5 Å². The number of aliphatic hydroxyl groups is 1. The van der Waals surface area contributed by atoms with Crippen LogP contribution in [0.4, 0.5) is 5.69 Å². The Bertz CT molecular complexity index is 403. The van der Waals surface area contributed by atoms with Gasteiger partial charge in [-0.2, -0.15) is 0 Å². The van der Waals surface area contributed by atoms with Gasteiger partial charge in [0.15, 0.2) is 0 Å². The van der Waals surface area contributed by atoms with Crippen molar-refractivity contribution in [3.63, 3.8) is 0 Å². The average molecular weight is 250 g/mol. The summed E-state index contributed by atoms with van der Waals surface area (Å²) in [7, 11) is 3.75. The molecule has 0 aromatic heterocycles. The number of nitrogen functional groups attached to an aromatic ring is 1. The summed E-state index contributed by atoms with van der Waals surface area (Å²) in [4.78, 5) is 2.27. The first-order chi connectivity index (χ1) is 8.56. The molecule has 0 bridgehead atoms. The zero-order chi connectivity index (χ0) is 13.1. The van der Waals surface area contributed by atoms with Crippen molar-refractivity contribution in [3.8, 4) is 5.75 Å². The van der Waals surface area contributed by atoms with Crippen LogP contribution < -0.4 is 10.5 Å². The minimum absolute atomic E-state index is 0.0733. The highest BCUT2D eigenvalue weighted by atomic mass is 16.5. The van der Waals surface area contributed by atoms with E-state index in [1.165, 1.54) is 0 Å². The first-order valence-corrected chi connectivity index (χ1v) is 6.37. The molecule has 0 saturated heterocycles. The molecule has 1 fully saturated rings. The van der Waals surface area contributed by atoms with E-state index in [2.05, 4.69) is 11.9 Å². The molecule has 0 aliphatic heterocycles. The van der Waals surface area contributed by atoms with Crippen molar-refractivity contribution in [1.29, 1.82) is 0 Å². The molecule has 0 radical (unpaired) electrons. The second kappa shape index (κ2) is 5.59. The van der Waals surface area contributed by atoms with Gasteiger partial charge in [0, 0.05) is 24.8 Å². The maximum absolute atomic E-state index is 9.27. The van der Waals surface area contributed by atoms with Crippen LogP contribution in [-0.4, -0.2) is 36.8 Å². The molecule has 4 heteroatoms. The Morgan fingerprint density at radius 2 is 2.11 bits per heavy atom. The Kier molecular flexibility index (Phi) is 4.09. The zero-order valence-electron chi connectivity index (χ0n) is 11.1. The van der Waals surface area contributed by atoms with Crippen molar-refractivity contribution in [3.05, 3.63) is 23.8 Å². The van der Waals surface area contributed by atoms with Crippen LogP contribution in [0.25, 0.3) is 0 Å². The molecule has 0 atom stereocenters. The van der Waals surface area contributed by atoms with Crippen LogP contribution in [-0.2, 0) is 6.54 Å². The number of nitrogens with zero attached hydrogens (tertiary/aromatic N) is 1. The second-order valence-corrected chi connectivity index (χ2v) is 5.30. The van der Waals surface area contributed by atoms with Gasteiger partial charge < -0.3 is 20.5 Å². The lowest BCUT2D eigenvalue weighted by molar-refractivity contribution is 0.0274. The quantitative estimate of drug-likeness (QED) is 0.777. The Balaban J connectivity index is 1.89. The second-order valence-electron chi connectivity index (χ2n) is 5.30. The summed E-state index contributed by atoms with van der Waals surface area (Å²) >= 11 is 0. The third-order valence-electron chi connectivity index (χ3n) is 3.46. The molecule has 4 nitrogen and oxygen atoms in total. The van der Waals surface area contributed by atoms with Gasteiger partial charge in [-0.15, -0.1) is 0 Å². The minimum atomic E-state index is -0.0733. The summed E-state index contributed by atoms with van der Waals surface area (Å²) in [5, 5.41) is 9.27. The van der Waals surface area contributed by atoms with Crippen molar-refractivity contribution in [2.45, 2.75) is 25.5 Å². The number of benzene rings is 1. The molecule has 100 valence electrons. The number of aliphatic hydroxyl groups excluding tert-OH is 1. The molecule has 1 aliphatic rings. The Morgan fingerprint density at radius 3 is 2.72 bits per heavy atom. The van der Waals surface area contributed by atoms with E-state index in [0.717, 1.165) is 42.9 Å². The molecule has 3 N–H and O–H groups in total. The third kappa shape index (κ3) is 3.37. The number of nitrogens with two attached hydrogens (primary N) is 1. The number of methoxy groups -OCH3 is 1. The van der Waals surface area contributed by atoms with Crippen LogP contribution in [0.5, 0.6) is 5.75 Å². The number of hydrogen-bond acceptors (Lipinski definition) is 4. The molecule has 1 aliphatic carbocycles. The molecule has 0 spiro atoms. The molecule has 0 heterocycles. The summed E-state index contributed by atoms with van der Waals surface area (Å²) in [5.74, 6) is 1.44. The topological polar surface area (TPSA) is 58.7 Å². The lowest BCUT2D eigenvalue weighted by Crippen LogP contribution is -2.36. The summed E-state index contributed by atoms with van der Waals surface area (Å²) in [6.45, 7) is 1.88. The zero-order valence-corrected chi connectivity index (χ0v) is 11.1. The fourth-order valence-electron chi connectivity index (χ4n) is 2.56. The molecule has 0 amide bonds. The van der Waals surface area contributed by atoms with Gasteiger partial charge in [0.2, 0.25) is 0 Å². The molecule has 1 saturated carbocycles. The minimum Gasteiger partial charge on any atom is -0.497 e. The third-order valence-corrected chi connectivity index (χ3v) is 3.46. The fraction of sp³-hybridized carbons (Fsp3) is 0.571. The van der Waals surface area contributed by atoms with Crippen molar-refractivity contribution in [2.24, 2.45) is 5.92 Å². The molecule has 0 unspecified atom stereocenters. The average Bonchev–Trinajstić information content (AvgIpc) is 2.26. The summed E-state index contributed by atoms with van der Waals surface area (Å²) in [6.07, 6.45) is 1.80. The predicted octanol–water partition coefficient (Wildman–Crippen LogP) is 1.48. The van der Waals surface area contributed by atoms with Crippen molar-refractivity contribution in [2.75, 3.05) is 26.4 Å². The van der Waals surface area contributed by atoms with E-state index in [0.29, 0.717) is 5.92 Å². The highest BCUT2D eigenvalue weighted by Crippen LogP contribution is 2.28. The van der Waals surface area contributed by atoms with Gasteiger partial charge >= 0.3 is 0 Å². The van der Waals surface area contributed by atoms with Gasteiger partial charge in [-0.3, -0.25) is 0 Å². The Hall–Kier alpha value is -1.26. The van der Waals surface area contributed by atoms with E-state index in [9.17, 15) is 5.11 Å². The van der Waals surface area contributed by atoms with Crippen LogP contribution in [0.3, 0.4) is 0 Å². The van der Waals surface area contributed by atoms with Crippen LogP contribution in [0.2, 0.25) is 0 Å². The summed E-state index contributed by atoms with van der Waals surface area (Å²) in [6, 6.07) is 5.82. The van der Waals surface area contributed by atoms with E-state index < -0.39 is 0 Å². The normalized spacial score (nSPS) is 22.9. The lowest BCUT2D eigenvalue weighted by atomic mass is 9.82. The number of rotatable bonds is 5. The van der Waals surface area contributed by atoms with Crippen LogP contribution in [0, 0.1) is 5.92 Å². The van der Waals surface area contributed by atoms with Gasteiger partial charge in [0.1, 0.15) is 5.75 Å². The van der Waals surface area contributed by atoms with Gasteiger partial charge in [-0.1, -0.05) is 0 Å². The smallest absolute Gasteiger partial charge is 0.121 e. The van der Waals surface area contributed by atoms with E-state index in [1.54, 1.807) is 7.11 Å². The first kappa shape index (κ1) is 13.2. The summed E-state index contributed by atoms with van der Waals surface area (Å²) in [5.41, 5.74) is 7.73. The lowest BCUT2D eigenvalue weighted by Gasteiger charge is -2.34. The van der Waals surface area contributed by atoms with E-state index >= 15 is 0 Å². The first-order valence-electron chi connectivity index (χ1n) is 6.37. The Morgan fingerprint density at radius 1 is 1.39 bits per heavy atom. The van der Waals surface area contributed by atoms with Crippen molar-refractivity contribution < 1.29 is 9.84 Å². The molecular weight excluding hydrogens is 228 g/mol. The largest absolute Gasteiger partial charge is 0.497 e. The van der Waals surface area contributed by atoms with Crippen LogP contribution in [0.15, 0.2) is 18.2 Å².